The number of piperidine rings is 1. The lowest BCUT2D eigenvalue weighted by molar-refractivity contribution is 0.0946. The highest BCUT2D eigenvalue weighted by molar-refractivity contribution is 5.94. The SMILES string of the molecule is Cc1nonc1OCCNC(=O)c1ccc([C@H]2CCCNC2)cc1. The van der Waals surface area contributed by atoms with E-state index in [4.69, 9.17) is 4.74 Å². The minimum absolute atomic E-state index is 0.109. The van der Waals surface area contributed by atoms with Crippen molar-refractivity contribution in [1.29, 1.82) is 0 Å². The Labute approximate surface area is 140 Å². The van der Waals surface area contributed by atoms with Crippen LogP contribution in [0.2, 0.25) is 0 Å². The van der Waals surface area contributed by atoms with Gasteiger partial charge < -0.3 is 15.4 Å². The third-order valence-corrected chi connectivity index (χ3v) is 4.18. The summed E-state index contributed by atoms with van der Waals surface area (Å²) in [4.78, 5) is 12.1. The van der Waals surface area contributed by atoms with Gasteiger partial charge in [-0.2, -0.15) is 0 Å². The molecule has 2 N–H and O–H groups in total. The number of hydrogen-bond donors (Lipinski definition) is 2. The van der Waals surface area contributed by atoms with Gasteiger partial charge in [-0.25, -0.2) is 4.63 Å². The van der Waals surface area contributed by atoms with E-state index in [0.717, 1.165) is 13.1 Å². The maximum Gasteiger partial charge on any atom is 0.278 e. The van der Waals surface area contributed by atoms with Gasteiger partial charge in [0.25, 0.3) is 11.8 Å². The molecule has 2 heterocycles. The number of ether oxygens (including phenoxy) is 1. The zero-order chi connectivity index (χ0) is 16.8. The molecule has 1 aliphatic rings. The Morgan fingerprint density at radius 1 is 1.38 bits per heavy atom. The van der Waals surface area contributed by atoms with Crippen LogP contribution < -0.4 is 15.4 Å². The van der Waals surface area contributed by atoms with Gasteiger partial charge in [-0.3, -0.25) is 4.79 Å². The monoisotopic (exact) mass is 330 g/mol. The fourth-order valence-electron chi connectivity index (χ4n) is 2.81. The molecule has 1 aromatic carbocycles. The molecule has 1 aromatic heterocycles. The number of nitrogens with one attached hydrogen (secondary N) is 2. The highest BCUT2D eigenvalue weighted by Crippen LogP contribution is 2.23. The number of benzene rings is 1. The second kappa shape index (κ2) is 7.92. The molecule has 1 amide bonds. The van der Waals surface area contributed by atoms with Crippen LogP contribution in [0.1, 0.15) is 40.4 Å². The van der Waals surface area contributed by atoms with Gasteiger partial charge in [0.05, 0.1) is 6.54 Å². The molecule has 24 heavy (non-hydrogen) atoms. The molecule has 7 heteroatoms. The first-order valence-electron chi connectivity index (χ1n) is 8.25. The smallest absolute Gasteiger partial charge is 0.278 e. The minimum atomic E-state index is -0.109. The molecule has 1 fully saturated rings. The van der Waals surface area contributed by atoms with Crippen LogP contribution in [-0.4, -0.2) is 42.5 Å². The zero-order valence-corrected chi connectivity index (χ0v) is 13.7. The normalized spacial score (nSPS) is 17.5. The summed E-state index contributed by atoms with van der Waals surface area (Å²) in [6.07, 6.45) is 2.40. The Bertz CT molecular complexity index is 663. The van der Waals surface area contributed by atoms with E-state index in [9.17, 15) is 4.79 Å². The van der Waals surface area contributed by atoms with Gasteiger partial charge in [0.15, 0.2) is 0 Å². The van der Waals surface area contributed by atoms with Gasteiger partial charge >= 0.3 is 0 Å². The number of hydrogen-bond acceptors (Lipinski definition) is 6. The Kier molecular flexibility index (Phi) is 5.43. The summed E-state index contributed by atoms with van der Waals surface area (Å²) in [6, 6.07) is 7.86. The van der Waals surface area contributed by atoms with Crippen molar-refractivity contribution in [2.24, 2.45) is 0 Å². The van der Waals surface area contributed by atoms with Crippen LogP contribution in [0.5, 0.6) is 5.88 Å². The van der Waals surface area contributed by atoms with Crippen molar-refractivity contribution < 1.29 is 14.2 Å². The van der Waals surface area contributed by atoms with Gasteiger partial charge in [0.1, 0.15) is 12.3 Å². The van der Waals surface area contributed by atoms with Crippen LogP contribution in [0.25, 0.3) is 0 Å². The van der Waals surface area contributed by atoms with Gasteiger partial charge in [0, 0.05) is 12.1 Å². The first kappa shape index (κ1) is 16.4. The molecule has 0 bridgehead atoms. The summed E-state index contributed by atoms with van der Waals surface area (Å²) in [7, 11) is 0. The van der Waals surface area contributed by atoms with E-state index >= 15 is 0 Å². The minimum Gasteiger partial charge on any atom is -0.472 e. The van der Waals surface area contributed by atoms with Crippen molar-refractivity contribution >= 4 is 5.91 Å². The third-order valence-electron chi connectivity index (χ3n) is 4.18. The van der Waals surface area contributed by atoms with E-state index in [-0.39, 0.29) is 5.91 Å². The Morgan fingerprint density at radius 2 is 2.21 bits per heavy atom. The average molecular weight is 330 g/mol. The van der Waals surface area contributed by atoms with Crippen LogP contribution >= 0.6 is 0 Å². The van der Waals surface area contributed by atoms with Crippen molar-refractivity contribution in [3.8, 4) is 5.88 Å². The first-order valence-corrected chi connectivity index (χ1v) is 8.25. The molecule has 7 nitrogen and oxygen atoms in total. The second-order valence-corrected chi connectivity index (χ2v) is 5.92. The lowest BCUT2D eigenvalue weighted by Crippen LogP contribution is -2.29. The molecule has 1 aliphatic heterocycles. The first-order chi connectivity index (χ1) is 11.7. The van der Waals surface area contributed by atoms with Crippen molar-refractivity contribution in [2.75, 3.05) is 26.2 Å². The zero-order valence-electron chi connectivity index (χ0n) is 13.7. The molecular weight excluding hydrogens is 308 g/mol. The molecule has 1 saturated heterocycles. The highest BCUT2D eigenvalue weighted by Gasteiger charge is 2.15. The highest BCUT2D eigenvalue weighted by atomic mass is 16.6. The van der Waals surface area contributed by atoms with E-state index < -0.39 is 0 Å². The predicted octanol–water partition coefficient (Wildman–Crippen LogP) is 1.65. The summed E-state index contributed by atoms with van der Waals surface area (Å²) >= 11 is 0. The summed E-state index contributed by atoms with van der Waals surface area (Å²) in [5, 5.41) is 13.5. The van der Waals surface area contributed by atoms with Gasteiger partial charge in [-0.05, 0) is 55.1 Å². The molecule has 3 rings (SSSR count). The van der Waals surface area contributed by atoms with E-state index in [2.05, 4.69) is 25.6 Å². The number of amides is 1. The standard InChI is InChI=1S/C17H22N4O3/c1-12-17(21-24-20-12)23-10-9-19-16(22)14-6-4-13(5-7-14)15-3-2-8-18-11-15/h4-7,15,18H,2-3,8-11H2,1H3,(H,19,22)/t15-/m0/s1. The van der Waals surface area contributed by atoms with Crippen molar-refractivity contribution in [2.45, 2.75) is 25.7 Å². The molecule has 128 valence electrons. The van der Waals surface area contributed by atoms with Gasteiger partial charge in [-0.15, -0.1) is 0 Å². The number of nitrogens with zero attached hydrogens (tertiary/aromatic N) is 2. The largest absolute Gasteiger partial charge is 0.472 e. The van der Waals surface area contributed by atoms with Crippen LogP contribution in [0.3, 0.4) is 0 Å². The van der Waals surface area contributed by atoms with Crippen LogP contribution in [0.4, 0.5) is 0 Å². The maximum atomic E-state index is 12.1. The lowest BCUT2D eigenvalue weighted by atomic mass is 9.91. The van der Waals surface area contributed by atoms with Gasteiger partial charge in [-0.1, -0.05) is 17.3 Å². The quantitative estimate of drug-likeness (QED) is 0.783. The van der Waals surface area contributed by atoms with Crippen LogP contribution in [0.15, 0.2) is 28.9 Å². The van der Waals surface area contributed by atoms with Crippen LogP contribution in [-0.2, 0) is 0 Å². The van der Waals surface area contributed by atoms with Crippen molar-refractivity contribution in [3.63, 3.8) is 0 Å². The number of aromatic nitrogens is 2. The van der Waals surface area contributed by atoms with Crippen molar-refractivity contribution in [1.82, 2.24) is 20.9 Å². The van der Waals surface area contributed by atoms with E-state index in [0.29, 0.717) is 36.2 Å². The van der Waals surface area contributed by atoms with Gasteiger partial charge in [0.2, 0.25) is 0 Å². The van der Waals surface area contributed by atoms with Crippen molar-refractivity contribution in [3.05, 3.63) is 41.1 Å². The second-order valence-electron chi connectivity index (χ2n) is 5.92. The Hall–Kier alpha value is -2.41. The fraction of sp³-hybridized carbons (Fsp3) is 0.471. The molecular formula is C17H22N4O3. The molecule has 0 radical (unpaired) electrons. The number of aryl methyl sites for hydroxylation is 1. The number of carbonyl (C=O) groups excluding carboxylic acids is 1. The molecule has 2 aromatic rings. The van der Waals surface area contributed by atoms with Crippen LogP contribution in [0, 0.1) is 6.92 Å². The predicted molar refractivity (Wildman–Crippen MR) is 88.1 cm³/mol. The average Bonchev–Trinajstić information content (AvgIpc) is 3.04. The number of carbonyl (C=O) groups is 1. The fourth-order valence-corrected chi connectivity index (χ4v) is 2.81. The van der Waals surface area contributed by atoms with E-state index in [1.165, 1.54) is 18.4 Å². The Balaban J connectivity index is 1.45. The van der Waals surface area contributed by atoms with E-state index in [1.807, 2.05) is 24.3 Å². The third kappa shape index (κ3) is 4.11. The summed E-state index contributed by atoms with van der Waals surface area (Å²) in [5.74, 6) is 0.792. The number of rotatable bonds is 6. The molecule has 1 atom stereocenters. The topological polar surface area (TPSA) is 89.3 Å². The Morgan fingerprint density at radius 3 is 2.88 bits per heavy atom. The maximum absolute atomic E-state index is 12.1. The molecule has 0 saturated carbocycles. The summed E-state index contributed by atoms with van der Waals surface area (Å²) < 4.78 is 9.91. The lowest BCUT2D eigenvalue weighted by Gasteiger charge is -2.23. The summed E-state index contributed by atoms with van der Waals surface area (Å²) in [5.41, 5.74) is 2.53. The van der Waals surface area contributed by atoms with E-state index in [1.54, 1.807) is 6.92 Å². The molecule has 0 unspecified atom stereocenters. The molecule has 0 aliphatic carbocycles. The summed E-state index contributed by atoms with van der Waals surface area (Å²) in [6.45, 7) is 4.56. The molecule has 0 spiro atoms.